The predicted octanol–water partition coefficient (Wildman–Crippen LogP) is 1.65. The average molecular weight is 260 g/mol. The summed E-state index contributed by atoms with van der Waals surface area (Å²) in [6, 6.07) is 4.33. The summed E-state index contributed by atoms with van der Waals surface area (Å²) in [5.41, 5.74) is 1.00. The molecule has 1 aromatic heterocycles. The largest absolute Gasteiger partial charge is 0.381 e. The van der Waals surface area contributed by atoms with Gasteiger partial charge in [-0.05, 0) is 30.9 Å². The Morgan fingerprint density at radius 1 is 1.42 bits per heavy atom. The van der Waals surface area contributed by atoms with Crippen LogP contribution < -0.4 is 0 Å². The van der Waals surface area contributed by atoms with E-state index >= 15 is 0 Å². The van der Waals surface area contributed by atoms with Crippen molar-refractivity contribution in [3.63, 3.8) is 0 Å². The van der Waals surface area contributed by atoms with E-state index in [1.54, 1.807) is 12.4 Å². The average Bonchev–Trinajstić information content (AvgIpc) is 3.14. The second kappa shape index (κ2) is 5.70. The highest BCUT2D eigenvalue weighted by atomic mass is 16.5. The molecule has 1 unspecified atom stereocenters. The normalized spacial score (nSPS) is 22.4. The Kier molecular flexibility index (Phi) is 3.78. The number of aromatic nitrogens is 1. The van der Waals surface area contributed by atoms with E-state index < -0.39 is 0 Å². The van der Waals surface area contributed by atoms with Crippen LogP contribution in [-0.4, -0.2) is 41.6 Å². The van der Waals surface area contributed by atoms with E-state index in [-0.39, 0.29) is 5.91 Å². The van der Waals surface area contributed by atoms with Gasteiger partial charge in [0.1, 0.15) is 0 Å². The third kappa shape index (κ3) is 3.32. The van der Waals surface area contributed by atoms with Crippen molar-refractivity contribution in [1.82, 2.24) is 9.88 Å². The van der Waals surface area contributed by atoms with Crippen molar-refractivity contribution in [2.75, 3.05) is 19.8 Å². The Morgan fingerprint density at radius 2 is 2.32 bits per heavy atom. The van der Waals surface area contributed by atoms with Gasteiger partial charge >= 0.3 is 0 Å². The summed E-state index contributed by atoms with van der Waals surface area (Å²) < 4.78 is 5.41. The highest BCUT2D eigenvalue weighted by Crippen LogP contribution is 2.29. The van der Waals surface area contributed by atoms with Crippen molar-refractivity contribution in [3.8, 4) is 0 Å². The standard InChI is InChI=1S/C15H20N2O2/c18-15(8-12-2-1-6-16-9-12)17(14-3-4-14)10-13-5-7-19-11-13/h1-2,6,9,13-14H,3-5,7-8,10-11H2. The highest BCUT2D eigenvalue weighted by molar-refractivity contribution is 5.79. The molecule has 4 heteroatoms. The molecule has 0 N–H and O–H groups in total. The first-order chi connectivity index (χ1) is 9.33. The summed E-state index contributed by atoms with van der Waals surface area (Å²) in [4.78, 5) is 18.6. The molecule has 0 radical (unpaired) electrons. The number of amides is 1. The summed E-state index contributed by atoms with van der Waals surface area (Å²) in [6.07, 6.45) is 7.39. The smallest absolute Gasteiger partial charge is 0.227 e. The minimum atomic E-state index is 0.238. The third-order valence-corrected chi connectivity index (χ3v) is 3.87. The molecule has 1 aromatic rings. The van der Waals surface area contributed by atoms with Crippen LogP contribution in [0.1, 0.15) is 24.8 Å². The van der Waals surface area contributed by atoms with E-state index in [9.17, 15) is 4.79 Å². The van der Waals surface area contributed by atoms with Crippen molar-refractivity contribution in [2.45, 2.75) is 31.7 Å². The molecule has 102 valence electrons. The van der Waals surface area contributed by atoms with E-state index in [1.165, 1.54) is 0 Å². The fourth-order valence-electron chi connectivity index (χ4n) is 2.63. The van der Waals surface area contributed by atoms with Crippen LogP contribution in [0.15, 0.2) is 24.5 Å². The van der Waals surface area contributed by atoms with Crippen molar-refractivity contribution >= 4 is 5.91 Å². The fraction of sp³-hybridized carbons (Fsp3) is 0.600. The molecule has 1 aliphatic carbocycles. The quantitative estimate of drug-likeness (QED) is 0.808. The van der Waals surface area contributed by atoms with Gasteiger partial charge in [0.15, 0.2) is 0 Å². The van der Waals surface area contributed by atoms with Crippen LogP contribution in [0.25, 0.3) is 0 Å². The van der Waals surface area contributed by atoms with Crippen LogP contribution in [0.4, 0.5) is 0 Å². The number of rotatable bonds is 5. The molecule has 1 aliphatic heterocycles. The molecule has 0 spiro atoms. The maximum absolute atomic E-state index is 12.4. The molecule has 1 saturated carbocycles. The zero-order valence-electron chi connectivity index (χ0n) is 11.1. The lowest BCUT2D eigenvalue weighted by Gasteiger charge is -2.25. The van der Waals surface area contributed by atoms with Gasteiger partial charge in [-0.2, -0.15) is 0 Å². The van der Waals surface area contributed by atoms with Gasteiger partial charge in [0, 0.05) is 37.5 Å². The van der Waals surface area contributed by atoms with Crippen LogP contribution in [0.2, 0.25) is 0 Å². The molecule has 2 aliphatic rings. The number of hydrogen-bond acceptors (Lipinski definition) is 3. The molecule has 4 nitrogen and oxygen atoms in total. The summed E-state index contributed by atoms with van der Waals surface area (Å²) in [6.45, 7) is 2.52. The number of ether oxygens (including phenoxy) is 1. The maximum atomic E-state index is 12.4. The summed E-state index contributed by atoms with van der Waals surface area (Å²) in [5, 5.41) is 0. The first-order valence-corrected chi connectivity index (χ1v) is 7.09. The summed E-state index contributed by atoms with van der Waals surface area (Å²) >= 11 is 0. The topological polar surface area (TPSA) is 42.4 Å². The lowest BCUT2D eigenvalue weighted by molar-refractivity contribution is -0.131. The van der Waals surface area contributed by atoms with Gasteiger partial charge < -0.3 is 9.64 Å². The van der Waals surface area contributed by atoms with Gasteiger partial charge in [-0.15, -0.1) is 0 Å². The van der Waals surface area contributed by atoms with Gasteiger partial charge in [0.25, 0.3) is 0 Å². The Balaban J connectivity index is 1.61. The zero-order valence-corrected chi connectivity index (χ0v) is 11.1. The number of pyridine rings is 1. The molecule has 0 bridgehead atoms. The molecule has 2 fully saturated rings. The molecule has 3 rings (SSSR count). The lowest BCUT2D eigenvalue weighted by atomic mass is 10.1. The molecule has 1 amide bonds. The van der Waals surface area contributed by atoms with Gasteiger partial charge in [0.2, 0.25) is 5.91 Å². The Hall–Kier alpha value is -1.42. The van der Waals surface area contributed by atoms with Crippen LogP contribution in [-0.2, 0) is 16.0 Å². The monoisotopic (exact) mass is 260 g/mol. The molecular weight excluding hydrogens is 240 g/mol. The number of carbonyl (C=O) groups excluding carboxylic acids is 1. The fourth-order valence-corrected chi connectivity index (χ4v) is 2.63. The van der Waals surface area contributed by atoms with E-state index in [0.717, 1.165) is 44.6 Å². The number of nitrogens with zero attached hydrogens (tertiary/aromatic N) is 2. The van der Waals surface area contributed by atoms with Crippen molar-refractivity contribution in [2.24, 2.45) is 5.92 Å². The SMILES string of the molecule is O=C(Cc1cccnc1)N(CC1CCOC1)C1CC1. The van der Waals surface area contributed by atoms with E-state index in [1.807, 2.05) is 12.1 Å². The van der Waals surface area contributed by atoms with Crippen LogP contribution in [0, 0.1) is 5.92 Å². The summed E-state index contributed by atoms with van der Waals surface area (Å²) in [5.74, 6) is 0.765. The van der Waals surface area contributed by atoms with Crippen LogP contribution in [0.3, 0.4) is 0 Å². The molecule has 2 heterocycles. The van der Waals surface area contributed by atoms with Gasteiger partial charge in [0.05, 0.1) is 13.0 Å². The van der Waals surface area contributed by atoms with Gasteiger partial charge in [-0.3, -0.25) is 9.78 Å². The first-order valence-electron chi connectivity index (χ1n) is 7.09. The molecule has 0 aromatic carbocycles. The second-order valence-electron chi connectivity index (χ2n) is 5.54. The Labute approximate surface area is 113 Å². The van der Waals surface area contributed by atoms with Gasteiger partial charge in [-0.1, -0.05) is 6.07 Å². The van der Waals surface area contributed by atoms with Crippen LogP contribution >= 0.6 is 0 Å². The Bertz CT molecular complexity index is 425. The third-order valence-electron chi connectivity index (χ3n) is 3.87. The molecule has 1 atom stereocenters. The molecule has 19 heavy (non-hydrogen) atoms. The minimum absolute atomic E-state index is 0.238. The van der Waals surface area contributed by atoms with Crippen LogP contribution in [0.5, 0.6) is 0 Å². The van der Waals surface area contributed by atoms with E-state index in [2.05, 4.69) is 9.88 Å². The second-order valence-corrected chi connectivity index (χ2v) is 5.54. The van der Waals surface area contributed by atoms with Crippen molar-refractivity contribution in [1.29, 1.82) is 0 Å². The van der Waals surface area contributed by atoms with Gasteiger partial charge in [-0.25, -0.2) is 0 Å². The molecular formula is C15H20N2O2. The highest BCUT2D eigenvalue weighted by Gasteiger charge is 2.34. The number of carbonyl (C=O) groups is 1. The number of hydrogen-bond donors (Lipinski definition) is 0. The van der Waals surface area contributed by atoms with E-state index in [0.29, 0.717) is 18.4 Å². The van der Waals surface area contributed by atoms with Crippen molar-refractivity contribution in [3.05, 3.63) is 30.1 Å². The first kappa shape index (κ1) is 12.6. The Morgan fingerprint density at radius 3 is 2.95 bits per heavy atom. The van der Waals surface area contributed by atoms with Crippen molar-refractivity contribution < 1.29 is 9.53 Å². The maximum Gasteiger partial charge on any atom is 0.227 e. The zero-order chi connectivity index (χ0) is 13.1. The lowest BCUT2D eigenvalue weighted by Crippen LogP contribution is -2.38. The minimum Gasteiger partial charge on any atom is -0.381 e. The molecule has 1 saturated heterocycles. The van der Waals surface area contributed by atoms with E-state index in [4.69, 9.17) is 4.74 Å². The summed E-state index contributed by atoms with van der Waals surface area (Å²) in [7, 11) is 0. The predicted molar refractivity (Wildman–Crippen MR) is 71.6 cm³/mol.